The molecule has 2 heterocycles. The van der Waals surface area contributed by atoms with Crippen molar-refractivity contribution in [2.45, 2.75) is 69.2 Å². The van der Waals surface area contributed by atoms with E-state index in [2.05, 4.69) is 0 Å². The Morgan fingerprint density at radius 2 is 1.38 bits per heavy atom. The highest BCUT2D eigenvalue weighted by Gasteiger charge is 2.47. The van der Waals surface area contributed by atoms with Crippen LogP contribution in [0.2, 0.25) is 0 Å². The second kappa shape index (κ2) is 12.7. The van der Waals surface area contributed by atoms with E-state index in [9.17, 15) is 55.5 Å². The zero-order valence-corrected chi connectivity index (χ0v) is 25.5. The second-order valence-corrected chi connectivity index (χ2v) is 12.0. The molecule has 3 aromatic rings. The van der Waals surface area contributed by atoms with Crippen molar-refractivity contribution in [1.29, 1.82) is 0 Å². The molecule has 0 radical (unpaired) electrons. The number of carbonyl (C=O) groups excluding carboxylic acids is 2. The summed E-state index contributed by atoms with van der Waals surface area (Å²) in [6.07, 6.45) is -12.4. The monoisotopic (exact) mass is 670 g/mol. The summed E-state index contributed by atoms with van der Waals surface area (Å²) in [4.78, 5) is 25.8. The van der Waals surface area contributed by atoms with Crippen LogP contribution in [-0.2, 0) is 14.2 Å². The summed E-state index contributed by atoms with van der Waals surface area (Å²) in [5.41, 5.74) is 0.626. The fourth-order valence-electron chi connectivity index (χ4n) is 6.32. The third-order valence-electron chi connectivity index (χ3n) is 8.84. The first-order chi connectivity index (χ1) is 22.7. The van der Waals surface area contributed by atoms with Gasteiger partial charge in [-0.25, -0.2) is 0 Å². The van der Waals surface area contributed by atoms with Gasteiger partial charge in [-0.2, -0.15) is 0 Å². The Morgan fingerprint density at radius 3 is 2.08 bits per heavy atom. The normalized spacial score (nSPS) is 30.5. The lowest BCUT2D eigenvalue weighted by molar-refractivity contribution is -0.307. The molecule has 9 atom stereocenters. The van der Waals surface area contributed by atoms with E-state index >= 15 is 0 Å². The van der Waals surface area contributed by atoms with Gasteiger partial charge in [-0.05, 0) is 61.4 Å². The minimum absolute atomic E-state index is 0.0911. The maximum absolute atomic E-state index is 13.1. The van der Waals surface area contributed by atoms with Crippen molar-refractivity contribution in [3.8, 4) is 34.1 Å². The highest BCUT2D eigenvalue weighted by Crippen LogP contribution is 2.49. The summed E-state index contributed by atoms with van der Waals surface area (Å²) < 4.78 is 22.3. The van der Waals surface area contributed by atoms with Crippen LogP contribution in [0.4, 0.5) is 0 Å². The fraction of sp³-hybridized carbons (Fsp3) is 0.394. The number of carbonyl (C=O) groups is 2. The summed E-state index contributed by atoms with van der Waals surface area (Å²) >= 11 is 0. The van der Waals surface area contributed by atoms with Gasteiger partial charge in [0.15, 0.2) is 17.9 Å². The number of aliphatic hydroxyl groups is 6. The number of aryl methyl sites for hydroxylation is 2. The zero-order valence-electron chi connectivity index (χ0n) is 25.5. The van der Waals surface area contributed by atoms with E-state index in [0.717, 1.165) is 12.2 Å². The number of ether oxygens (including phenoxy) is 4. The molecule has 6 rings (SSSR count). The summed E-state index contributed by atoms with van der Waals surface area (Å²) in [7, 11) is 0. The number of benzene rings is 3. The number of aromatic hydroxyl groups is 3. The van der Waals surface area contributed by atoms with E-state index in [1.807, 2.05) is 0 Å². The molecule has 0 saturated carbocycles. The summed E-state index contributed by atoms with van der Waals surface area (Å²) in [5.74, 6) is -2.52. The second-order valence-electron chi connectivity index (χ2n) is 12.0. The number of aliphatic hydroxyl groups excluding tert-OH is 6. The van der Waals surface area contributed by atoms with E-state index < -0.39 is 85.0 Å². The predicted molar refractivity (Wildman–Crippen MR) is 163 cm³/mol. The first-order valence-corrected chi connectivity index (χ1v) is 15.0. The molecule has 3 aliphatic rings. The first kappa shape index (κ1) is 33.7. The Labute approximate surface area is 272 Å². The quantitative estimate of drug-likeness (QED) is 0.165. The lowest BCUT2D eigenvalue weighted by Crippen LogP contribution is -2.61. The van der Waals surface area contributed by atoms with E-state index in [4.69, 9.17) is 18.9 Å². The average molecular weight is 671 g/mol. The van der Waals surface area contributed by atoms with Crippen molar-refractivity contribution in [3.05, 3.63) is 58.7 Å². The maximum Gasteiger partial charge on any atom is 0.229 e. The Bertz CT molecular complexity index is 1820. The van der Waals surface area contributed by atoms with E-state index in [1.54, 1.807) is 13.8 Å². The van der Waals surface area contributed by atoms with Crippen molar-refractivity contribution >= 4 is 22.3 Å². The van der Waals surface area contributed by atoms with Gasteiger partial charge in [0.2, 0.25) is 6.29 Å². The van der Waals surface area contributed by atoms with Gasteiger partial charge >= 0.3 is 0 Å². The van der Waals surface area contributed by atoms with Gasteiger partial charge in [0.1, 0.15) is 65.7 Å². The number of allylic oxidation sites excluding steroid dienone is 2. The van der Waals surface area contributed by atoms with E-state index in [-0.39, 0.29) is 51.1 Å². The predicted octanol–water partition coefficient (Wildman–Crippen LogP) is -0.182. The molecule has 2 aliphatic heterocycles. The Hall–Kier alpha value is -4.16. The highest BCUT2D eigenvalue weighted by molar-refractivity contribution is 6.26. The molecule has 9 unspecified atom stereocenters. The van der Waals surface area contributed by atoms with Crippen LogP contribution in [0.25, 0.3) is 21.9 Å². The number of fused-ring (bicyclic) bond motifs is 2. The molecule has 0 aromatic heterocycles. The molecule has 2 fully saturated rings. The number of phenols is 3. The molecular weight excluding hydrogens is 636 g/mol. The van der Waals surface area contributed by atoms with Gasteiger partial charge in [0, 0.05) is 22.1 Å². The van der Waals surface area contributed by atoms with Crippen LogP contribution in [0.1, 0.15) is 31.8 Å². The zero-order chi connectivity index (χ0) is 34.8. The molecule has 0 amide bonds. The molecule has 2 saturated heterocycles. The SMILES string of the molecule is Cc1cc(O)c2c(c1-c1c(C)cc3c(O)ccc(OC4OC(COC5OCC(O)C(O)C5O)C(O)C(O)C4O)c3c1O)C(=O)C=CC2=O. The molecule has 9 N–H and O–H groups in total. The van der Waals surface area contributed by atoms with Gasteiger partial charge in [-0.15, -0.1) is 0 Å². The molecule has 48 heavy (non-hydrogen) atoms. The number of hydrogen-bond donors (Lipinski definition) is 9. The third-order valence-corrected chi connectivity index (χ3v) is 8.84. The van der Waals surface area contributed by atoms with Crippen LogP contribution < -0.4 is 4.74 Å². The molecule has 0 spiro atoms. The summed E-state index contributed by atoms with van der Waals surface area (Å²) in [6, 6.07) is 5.30. The standard InChI is InChI=1S/C33H34O15/c1-11-7-13-14(34)5-6-19(23(13)28(41)22(11)21-12(2)8-17(37)24-15(35)3-4-16(36)25(21)24)47-33-31(44)29(42)27(40)20(48-33)10-46-32-30(43)26(39)18(38)9-45-32/h3-8,18,20,26-27,29-34,37-44H,9-10H2,1-2H3. The van der Waals surface area contributed by atoms with Crippen molar-refractivity contribution in [2.75, 3.05) is 13.2 Å². The van der Waals surface area contributed by atoms with Crippen LogP contribution in [0.3, 0.4) is 0 Å². The lowest BCUT2D eigenvalue weighted by Gasteiger charge is -2.41. The topological polar surface area (TPSA) is 253 Å². The molecule has 0 bridgehead atoms. The van der Waals surface area contributed by atoms with E-state index in [0.29, 0.717) is 11.1 Å². The van der Waals surface area contributed by atoms with Crippen LogP contribution in [0.5, 0.6) is 23.0 Å². The number of hydrogen-bond acceptors (Lipinski definition) is 15. The van der Waals surface area contributed by atoms with Gasteiger partial charge in [-0.3, -0.25) is 9.59 Å². The van der Waals surface area contributed by atoms with Crippen LogP contribution in [0.15, 0.2) is 36.4 Å². The molecule has 3 aromatic carbocycles. The van der Waals surface area contributed by atoms with Gasteiger partial charge in [0.25, 0.3) is 0 Å². The number of ketones is 2. The highest BCUT2D eigenvalue weighted by atomic mass is 16.7. The fourth-order valence-corrected chi connectivity index (χ4v) is 6.32. The largest absolute Gasteiger partial charge is 0.507 e. The molecule has 1 aliphatic carbocycles. The van der Waals surface area contributed by atoms with Crippen molar-refractivity contribution < 1.29 is 74.5 Å². The number of rotatable bonds is 6. The lowest BCUT2D eigenvalue weighted by atomic mass is 9.82. The van der Waals surface area contributed by atoms with Crippen molar-refractivity contribution in [2.24, 2.45) is 0 Å². The third kappa shape index (κ3) is 5.58. The van der Waals surface area contributed by atoms with Crippen molar-refractivity contribution in [3.63, 3.8) is 0 Å². The number of phenolic OH excluding ortho intramolecular Hbond substituents is 3. The van der Waals surface area contributed by atoms with Crippen LogP contribution in [-0.4, -0.2) is 126 Å². The van der Waals surface area contributed by atoms with E-state index in [1.165, 1.54) is 24.3 Å². The first-order valence-electron chi connectivity index (χ1n) is 15.0. The smallest absolute Gasteiger partial charge is 0.229 e. The minimum atomic E-state index is -1.84. The van der Waals surface area contributed by atoms with Gasteiger partial charge < -0.3 is 64.9 Å². The molecule has 256 valence electrons. The maximum atomic E-state index is 13.1. The Morgan fingerprint density at radius 1 is 0.729 bits per heavy atom. The van der Waals surface area contributed by atoms with Gasteiger partial charge in [-0.1, -0.05) is 0 Å². The van der Waals surface area contributed by atoms with Gasteiger partial charge in [0.05, 0.1) is 24.2 Å². The summed E-state index contributed by atoms with van der Waals surface area (Å²) in [6.45, 7) is 2.30. The Balaban J connectivity index is 1.37. The molecule has 15 heteroatoms. The molecular formula is C33H34O15. The molecule has 15 nitrogen and oxygen atoms in total. The summed E-state index contributed by atoms with van der Waals surface area (Å²) in [5, 5.41) is 94.9. The van der Waals surface area contributed by atoms with Crippen LogP contribution in [0, 0.1) is 13.8 Å². The van der Waals surface area contributed by atoms with Crippen LogP contribution >= 0.6 is 0 Å². The van der Waals surface area contributed by atoms with Crippen molar-refractivity contribution in [1.82, 2.24) is 0 Å². The minimum Gasteiger partial charge on any atom is -0.507 e. The Kier molecular flexibility index (Phi) is 8.93. The average Bonchev–Trinajstić information content (AvgIpc) is 3.04.